The van der Waals surface area contributed by atoms with Gasteiger partial charge in [0.1, 0.15) is 0 Å². The lowest BCUT2D eigenvalue weighted by atomic mass is 9.98. The lowest BCUT2D eigenvalue weighted by Crippen LogP contribution is -2.34. The molecule has 2 aliphatic heterocycles. The van der Waals surface area contributed by atoms with Crippen LogP contribution in [0.5, 0.6) is 0 Å². The van der Waals surface area contributed by atoms with Gasteiger partial charge in [-0.25, -0.2) is 0 Å². The standard InChI is InChI=1S/C22H33N3O/c1-2-3-4-22(26)25-12-9-18-13-17(5-6-21(18)25)19-14-20(19)24-15-16-7-10-23-11-8-16/h5-6,13,16,19-20,23-24H,2-4,7-12,14-15H2,1H3/t19-,20+/m0/s1. The lowest BCUT2D eigenvalue weighted by molar-refractivity contribution is -0.118. The van der Waals surface area contributed by atoms with Crippen molar-refractivity contribution in [1.82, 2.24) is 10.6 Å². The summed E-state index contributed by atoms with van der Waals surface area (Å²) in [4.78, 5) is 14.4. The summed E-state index contributed by atoms with van der Waals surface area (Å²) in [5.74, 6) is 1.82. The number of amides is 1. The number of fused-ring (bicyclic) bond motifs is 1. The molecule has 1 aliphatic carbocycles. The smallest absolute Gasteiger partial charge is 0.226 e. The van der Waals surface area contributed by atoms with Gasteiger partial charge in [0.2, 0.25) is 5.91 Å². The molecule has 0 unspecified atom stereocenters. The molecule has 0 bridgehead atoms. The molecule has 1 saturated heterocycles. The second-order valence-electron chi connectivity index (χ2n) is 8.34. The Hall–Kier alpha value is -1.39. The van der Waals surface area contributed by atoms with Crippen molar-refractivity contribution in [3.8, 4) is 0 Å². The van der Waals surface area contributed by atoms with Crippen LogP contribution in [-0.2, 0) is 11.2 Å². The minimum absolute atomic E-state index is 0.297. The zero-order valence-electron chi connectivity index (χ0n) is 16.1. The van der Waals surface area contributed by atoms with E-state index in [1.54, 1.807) is 0 Å². The van der Waals surface area contributed by atoms with Crippen molar-refractivity contribution < 1.29 is 4.79 Å². The number of carbonyl (C=O) groups excluding carboxylic acids is 1. The first-order chi connectivity index (χ1) is 12.8. The van der Waals surface area contributed by atoms with E-state index in [1.165, 1.54) is 50.0 Å². The van der Waals surface area contributed by atoms with E-state index in [4.69, 9.17) is 0 Å². The Balaban J connectivity index is 1.32. The molecule has 2 atom stereocenters. The monoisotopic (exact) mass is 355 g/mol. The largest absolute Gasteiger partial charge is 0.317 e. The van der Waals surface area contributed by atoms with Gasteiger partial charge >= 0.3 is 0 Å². The number of carbonyl (C=O) groups is 1. The van der Waals surface area contributed by atoms with Crippen molar-refractivity contribution in [2.24, 2.45) is 5.92 Å². The van der Waals surface area contributed by atoms with Gasteiger partial charge in [-0.05, 0) is 74.8 Å². The number of nitrogens with one attached hydrogen (secondary N) is 2. The number of rotatable bonds is 7. The number of nitrogens with zero attached hydrogens (tertiary/aromatic N) is 1. The molecule has 2 fully saturated rings. The Morgan fingerprint density at radius 1 is 1.31 bits per heavy atom. The third-order valence-corrected chi connectivity index (χ3v) is 6.39. The van der Waals surface area contributed by atoms with Crippen LogP contribution in [0.1, 0.15) is 62.5 Å². The van der Waals surface area contributed by atoms with Gasteiger partial charge in [0.15, 0.2) is 0 Å². The molecule has 0 aromatic heterocycles. The Morgan fingerprint density at radius 2 is 2.15 bits per heavy atom. The fourth-order valence-electron chi connectivity index (χ4n) is 4.57. The van der Waals surface area contributed by atoms with E-state index in [0.29, 0.717) is 24.3 Å². The highest BCUT2D eigenvalue weighted by molar-refractivity contribution is 5.95. The highest BCUT2D eigenvalue weighted by Crippen LogP contribution is 2.43. The van der Waals surface area contributed by atoms with Crippen LogP contribution in [0.3, 0.4) is 0 Å². The Morgan fingerprint density at radius 3 is 2.96 bits per heavy atom. The molecule has 4 heteroatoms. The molecule has 1 aromatic carbocycles. The summed E-state index contributed by atoms with van der Waals surface area (Å²) in [6, 6.07) is 7.50. The first kappa shape index (κ1) is 18.0. The van der Waals surface area contributed by atoms with Crippen molar-refractivity contribution in [1.29, 1.82) is 0 Å². The van der Waals surface area contributed by atoms with Gasteiger partial charge in [-0.15, -0.1) is 0 Å². The maximum absolute atomic E-state index is 12.4. The third-order valence-electron chi connectivity index (χ3n) is 6.39. The zero-order chi connectivity index (χ0) is 17.9. The third kappa shape index (κ3) is 3.96. The van der Waals surface area contributed by atoms with E-state index in [1.807, 2.05) is 4.90 Å². The quantitative estimate of drug-likeness (QED) is 0.789. The van der Waals surface area contributed by atoms with E-state index < -0.39 is 0 Å². The molecule has 0 spiro atoms. The molecule has 2 N–H and O–H groups in total. The van der Waals surface area contributed by atoms with Crippen molar-refractivity contribution >= 4 is 11.6 Å². The zero-order valence-corrected chi connectivity index (χ0v) is 16.1. The number of benzene rings is 1. The predicted octanol–water partition coefficient (Wildman–Crippen LogP) is 3.21. The Bertz CT molecular complexity index is 638. The summed E-state index contributed by atoms with van der Waals surface area (Å²) in [7, 11) is 0. The lowest BCUT2D eigenvalue weighted by Gasteiger charge is -2.23. The van der Waals surface area contributed by atoms with Crippen molar-refractivity contribution in [3.05, 3.63) is 29.3 Å². The molecule has 3 aliphatic rings. The molecular formula is C22H33N3O. The van der Waals surface area contributed by atoms with Crippen LogP contribution in [0.15, 0.2) is 18.2 Å². The molecule has 142 valence electrons. The highest BCUT2D eigenvalue weighted by atomic mass is 16.2. The molecule has 1 amide bonds. The van der Waals surface area contributed by atoms with Crippen LogP contribution in [0.25, 0.3) is 0 Å². The van der Waals surface area contributed by atoms with Crippen LogP contribution in [-0.4, -0.2) is 38.1 Å². The minimum Gasteiger partial charge on any atom is -0.317 e. The SMILES string of the molecule is CCCCC(=O)N1CCc2cc([C@@H]3C[C@H]3NCC3CCNCC3)ccc21. The number of hydrogen-bond acceptors (Lipinski definition) is 3. The molecule has 1 saturated carbocycles. The Labute approximate surface area is 157 Å². The average molecular weight is 356 g/mol. The second kappa shape index (κ2) is 8.10. The first-order valence-corrected chi connectivity index (χ1v) is 10.6. The van der Waals surface area contributed by atoms with Crippen LogP contribution in [0, 0.1) is 5.92 Å². The van der Waals surface area contributed by atoms with E-state index in [0.717, 1.165) is 37.4 Å². The summed E-state index contributed by atoms with van der Waals surface area (Å²) in [6.45, 7) is 6.54. The van der Waals surface area contributed by atoms with Crippen molar-refractivity contribution in [2.45, 2.75) is 63.8 Å². The topological polar surface area (TPSA) is 44.4 Å². The van der Waals surface area contributed by atoms with Gasteiger partial charge in [-0.3, -0.25) is 4.79 Å². The molecule has 2 heterocycles. The summed E-state index contributed by atoms with van der Waals surface area (Å²) < 4.78 is 0. The van der Waals surface area contributed by atoms with E-state index >= 15 is 0 Å². The number of hydrogen-bond donors (Lipinski definition) is 2. The summed E-state index contributed by atoms with van der Waals surface area (Å²) in [5.41, 5.74) is 4.00. The second-order valence-corrected chi connectivity index (χ2v) is 8.34. The molecule has 1 aromatic rings. The maximum Gasteiger partial charge on any atom is 0.226 e. The van der Waals surface area contributed by atoms with Crippen LogP contribution in [0.4, 0.5) is 5.69 Å². The average Bonchev–Trinajstić information content (AvgIpc) is 3.34. The van der Waals surface area contributed by atoms with E-state index in [-0.39, 0.29) is 0 Å². The fraction of sp³-hybridized carbons (Fsp3) is 0.682. The summed E-state index contributed by atoms with van der Waals surface area (Å²) in [5, 5.41) is 7.24. The normalized spacial score (nSPS) is 25.3. The van der Waals surface area contributed by atoms with Gasteiger partial charge in [0.25, 0.3) is 0 Å². The molecule has 4 nitrogen and oxygen atoms in total. The van der Waals surface area contributed by atoms with Crippen molar-refractivity contribution in [3.63, 3.8) is 0 Å². The fourth-order valence-corrected chi connectivity index (χ4v) is 4.57. The first-order valence-electron chi connectivity index (χ1n) is 10.6. The molecule has 4 rings (SSSR count). The van der Waals surface area contributed by atoms with Gasteiger partial charge in [0.05, 0.1) is 0 Å². The van der Waals surface area contributed by atoms with Crippen LogP contribution in [0.2, 0.25) is 0 Å². The highest BCUT2D eigenvalue weighted by Gasteiger charge is 2.39. The number of anilines is 1. The van der Waals surface area contributed by atoms with Gasteiger partial charge in [-0.1, -0.05) is 25.5 Å². The molecule has 0 radical (unpaired) electrons. The van der Waals surface area contributed by atoms with E-state index in [9.17, 15) is 4.79 Å². The molecule has 26 heavy (non-hydrogen) atoms. The summed E-state index contributed by atoms with van der Waals surface area (Å²) in [6.07, 6.45) is 7.66. The van der Waals surface area contributed by atoms with Gasteiger partial charge in [-0.2, -0.15) is 0 Å². The van der Waals surface area contributed by atoms with E-state index in [2.05, 4.69) is 35.8 Å². The van der Waals surface area contributed by atoms with Crippen LogP contribution >= 0.6 is 0 Å². The van der Waals surface area contributed by atoms with Gasteiger partial charge in [0, 0.05) is 30.6 Å². The number of unbranched alkanes of at least 4 members (excludes halogenated alkanes) is 1. The predicted molar refractivity (Wildman–Crippen MR) is 107 cm³/mol. The summed E-state index contributed by atoms with van der Waals surface area (Å²) >= 11 is 0. The maximum atomic E-state index is 12.4. The minimum atomic E-state index is 0.297. The van der Waals surface area contributed by atoms with Crippen LogP contribution < -0.4 is 15.5 Å². The Kier molecular flexibility index (Phi) is 5.60. The number of piperidine rings is 1. The van der Waals surface area contributed by atoms with Crippen molar-refractivity contribution in [2.75, 3.05) is 31.1 Å². The van der Waals surface area contributed by atoms with Gasteiger partial charge < -0.3 is 15.5 Å². The molecular weight excluding hydrogens is 322 g/mol.